The lowest BCUT2D eigenvalue weighted by atomic mass is 10.2. The van der Waals surface area contributed by atoms with Gasteiger partial charge in [0.2, 0.25) is 0 Å². The smallest absolute Gasteiger partial charge is 0.263 e. The van der Waals surface area contributed by atoms with Crippen molar-refractivity contribution in [3.05, 3.63) is 71.2 Å². The van der Waals surface area contributed by atoms with E-state index in [2.05, 4.69) is 10.0 Å². The second kappa shape index (κ2) is 9.80. The number of anilines is 2. The lowest BCUT2D eigenvalue weighted by molar-refractivity contribution is 0.102. The highest BCUT2D eigenvalue weighted by Gasteiger charge is 2.21. The van der Waals surface area contributed by atoms with Crippen LogP contribution in [0.25, 0.3) is 0 Å². The lowest BCUT2D eigenvalue weighted by Gasteiger charge is -2.13. The van der Waals surface area contributed by atoms with Crippen molar-refractivity contribution in [2.45, 2.75) is 4.90 Å². The summed E-state index contributed by atoms with van der Waals surface area (Å²) >= 11 is 6.13. The number of nitrogens with one attached hydrogen (secondary N) is 2. The van der Waals surface area contributed by atoms with Gasteiger partial charge in [-0.2, -0.15) is 0 Å². The Balaban J connectivity index is 1.84. The van der Waals surface area contributed by atoms with Crippen LogP contribution in [0.2, 0.25) is 5.02 Å². The van der Waals surface area contributed by atoms with Gasteiger partial charge in [-0.05, 0) is 54.6 Å². The Bertz CT molecular complexity index is 1230. The molecule has 0 atom stereocenters. The average molecular weight is 477 g/mol. The summed E-state index contributed by atoms with van der Waals surface area (Å²) < 4.78 is 43.7. The monoisotopic (exact) mass is 476 g/mol. The van der Waals surface area contributed by atoms with Gasteiger partial charge in [-0.25, -0.2) is 8.42 Å². The number of carbonyl (C=O) groups excluding carboxylic acids is 1. The molecule has 0 aliphatic rings. The zero-order valence-corrected chi connectivity index (χ0v) is 19.1. The van der Waals surface area contributed by atoms with E-state index in [1.54, 1.807) is 42.5 Å². The summed E-state index contributed by atoms with van der Waals surface area (Å²) in [5.74, 6) is 1.01. The number of methoxy groups -OCH3 is 3. The summed E-state index contributed by atoms with van der Waals surface area (Å²) in [6.45, 7) is 0. The highest BCUT2D eigenvalue weighted by atomic mass is 35.5. The Morgan fingerprint density at radius 2 is 1.47 bits per heavy atom. The highest BCUT2D eigenvalue weighted by Crippen LogP contribution is 2.30. The van der Waals surface area contributed by atoms with Crippen LogP contribution in [0, 0.1) is 0 Å². The number of hydrogen-bond acceptors (Lipinski definition) is 6. The molecule has 1 amide bonds. The van der Waals surface area contributed by atoms with Crippen LogP contribution in [0.4, 0.5) is 11.4 Å². The quantitative estimate of drug-likeness (QED) is 0.499. The van der Waals surface area contributed by atoms with Gasteiger partial charge in [0, 0.05) is 23.0 Å². The third-order valence-electron chi connectivity index (χ3n) is 4.47. The minimum absolute atomic E-state index is 0.0197. The molecule has 0 bridgehead atoms. The third kappa shape index (κ3) is 5.24. The van der Waals surface area contributed by atoms with Crippen LogP contribution in [-0.2, 0) is 10.0 Å². The Kier molecular flexibility index (Phi) is 7.12. The number of hydrogen-bond donors (Lipinski definition) is 2. The molecular formula is C22H21ClN2O6S. The van der Waals surface area contributed by atoms with Gasteiger partial charge in [0.1, 0.15) is 10.6 Å². The van der Waals surface area contributed by atoms with Crippen LogP contribution in [0.1, 0.15) is 10.4 Å². The summed E-state index contributed by atoms with van der Waals surface area (Å²) in [4.78, 5) is 12.5. The van der Waals surface area contributed by atoms with Crippen LogP contribution in [0.15, 0.2) is 65.6 Å². The number of rotatable bonds is 8. The minimum atomic E-state index is -4.05. The van der Waals surface area contributed by atoms with Crippen molar-refractivity contribution in [3.63, 3.8) is 0 Å². The van der Waals surface area contributed by atoms with E-state index in [9.17, 15) is 13.2 Å². The number of carbonyl (C=O) groups is 1. The molecule has 32 heavy (non-hydrogen) atoms. The van der Waals surface area contributed by atoms with Gasteiger partial charge in [-0.1, -0.05) is 11.6 Å². The van der Waals surface area contributed by atoms with E-state index in [0.717, 1.165) is 0 Å². The fourth-order valence-corrected chi connectivity index (χ4v) is 4.42. The average Bonchev–Trinajstić information content (AvgIpc) is 2.79. The molecule has 0 saturated heterocycles. The SMILES string of the molecule is COc1ccc(NS(=O)(=O)c2cc(C(=O)Nc3ccc(OC)c(OC)c3)ccc2Cl)cc1. The molecule has 2 N–H and O–H groups in total. The van der Waals surface area contributed by atoms with E-state index in [4.69, 9.17) is 25.8 Å². The first kappa shape index (κ1) is 23.2. The van der Waals surface area contributed by atoms with E-state index in [0.29, 0.717) is 28.6 Å². The molecule has 0 heterocycles. The topological polar surface area (TPSA) is 103 Å². The second-order valence-electron chi connectivity index (χ2n) is 6.50. The van der Waals surface area contributed by atoms with Crippen molar-refractivity contribution in [3.8, 4) is 17.2 Å². The molecule has 0 fully saturated rings. The number of sulfonamides is 1. The molecule has 0 radical (unpaired) electrons. The van der Waals surface area contributed by atoms with E-state index < -0.39 is 15.9 Å². The first-order valence-corrected chi connectivity index (χ1v) is 11.1. The maximum atomic E-state index is 12.9. The maximum Gasteiger partial charge on any atom is 0.263 e. The maximum absolute atomic E-state index is 12.9. The first-order valence-electron chi connectivity index (χ1n) is 9.27. The van der Waals surface area contributed by atoms with Crippen molar-refractivity contribution < 1.29 is 27.4 Å². The van der Waals surface area contributed by atoms with Crippen molar-refractivity contribution in [1.82, 2.24) is 0 Å². The van der Waals surface area contributed by atoms with Crippen LogP contribution >= 0.6 is 11.6 Å². The Labute approximate surface area is 191 Å². The predicted molar refractivity (Wildman–Crippen MR) is 123 cm³/mol. The predicted octanol–water partition coefficient (Wildman–Crippen LogP) is 4.42. The standard InChI is InChI=1S/C22H21ClN2O6S/c1-29-17-8-5-15(6-9-17)25-32(27,28)21-12-14(4-10-18(21)23)22(26)24-16-7-11-19(30-2)20(13-16)31-3/h4-13,25H,1-3H3,(H,24,26). The summed E-state index contributed by atoms with van der Waals surface area (Å²) in [6, 6.07) is 15.2. The zero-order valence-electron chi connectivity index (χ0n) is 17.5. The molecule has 3 rings (SSSR count). The molecule has 0 spiro atoms. The summed E-state index contributed by atoms with van der Waals surface area (Å²) in [6.07, 6.45) is 0. The highest BCUT2D eigenvalue weighted by molar-refractivity contribution is 7.92. The Morgan fingerprint density at radius 3 is 2.09 bits per heavy atom. The van der Waals surface area contributed by atoms with Crippen molar-refractivity contribution >= 4 is 38.9 Å². The van der Waals surface area contributed by atoms with Crippen molar-refractivity contribution in [2.24, 2.45) is 0 Å². The van der Waals surface area contributed by atoms with Crippen LogP contribution in [0.5, 0.6) is 17.2 Å². The Hall–Kier alpha value is -3.43. The lowest BCUT2D eigenvalue weighted by Crippen LogP contribution is -2.16. The molecule has 0 saturated carbocycles. The largest absolute Gasteiger partial charge is 0.497 e. The molecule has 10 heteroatoms. The molecule has 3 aromatic carbocycles. The summed E-state index contributed by atoms with van der Waals surface area (Å²) in [7, 11) is 0.447. The van der Waals surface area contributed by atoms with Gasteiger partial charge in [-0.3, -0.25) is 9.52 Å². The number of amides is 1. The number of ether oxygens (including phenoxy) is 3. The van der Waals surface area contributed by atoms with E-state index in [1.165, 1.54) is 39.5 Å². The van der Waals surface area contributed by atoms with Gasteiger partial charge >= 0.3 is 0 Å². The van der Waals surface area contributed by atoms with Gasteiger partial charge in [-0.15, -0.1) is 0 Å². The fourth-order valence-electron chi connectivity index (χ4n) is 2.84. The molecule has 8 nitrogen and oxygen atoms in total. The molecule has 0 aliphatic carbocycles. The zero-order chi connectivity index (χ0) is 23.3. The normalized spacial score (nSPS) is 10.9. The van der Waals surface area contributed by atoms with E-state index >= 15 is 0 Å². The molecule has 0 unspecified atom stereocenters. The van der Waals surface area contributed by atoms with Gasteiger partial charge in [0.15, 0.2) is 11.5 Å². The second-order valence-corrected chi connectivity index (χ2v) is 8.56. The van der Waals surface area contributed by atoms with Crippen LogP contribution < -0.4 is 24.2 Å². The van der Waals surface area contributed by atoms with Gasteiger partial charge < -0.3 is 19.5 Å². The minimum Gasteiger partial charge on any atom is -0.497 e. The molecular weight excluding hydrogens is 456 g/mol. The molecule has 3 aromatic rings. The van der Waals surface area contributed by atoms with Crippen molar-refractivity contribution in [2.75, 3.05) is 31.4 Å². The molecule has 0 aliphatic heterocycles. The first-order chi connectivity index (χ1) is 15.3. The van der Waals surface area contributed by atoms with Crippen molar-refractivity contribution in [1.29, 1.82) is 0 Å². The Morgan fingerprint density at radius 1 is 0.812 bits per heavy atom. The molecule has 168 valence electrons. The number of halogens is 1. The summed E-state index contributed by atoms with van der Waals surface area (Å²) in [5.41, 5.74) is 0.879. The van der Waals surface area contributed by atoms with Gasteiger partial charge in [0.05, 0.1) is 26.4 Å². The fraction of sp³-hybridized carbons (Fsp3) is 0.136. The summed E-state index contributed by atoms with van der Waals surface area (Å²) in [5, 5.41) is 2.68. The van der Waals surface area contributed by atoms with Crippen LogP contribution in [-0.4, -0.2) is 35.7 Å². The van der Waals surface area contributed by atoms with Crippen LogP contribution in [0.3, 0.4) is 0 Å². The third-order valence-corrected chi connectivity index (χ3v) is 6.33. The van der Waals surface area contributed by atoms with E-state index in [1.807, 2.05) is 0 Å². The van der Waals surface area contributed by atoms with Gasteiger partial charge in [0.25, 0.3) is 15.9 Å². The molecule has 0 aromatic heterocycles. The van der Waals surface area contributed by atoms with E-state index in [-0.39, 0.29) is 15.5 Å². The number of benzene rings is 3.